The summed E-state index contributed by atoms with van der Waals surface area (Å²) in [6.07, 6.45) is 7.06. The maximum absolute atomic E-state index is 12.0. The van der Waals surface area contributed by atoms with E-state index in [1.54, 1.807) is 28.9 Å². The first-order valence-electron chi connectivity index (χ1n) is 6.21. The fourth-order valence-corrected chi connectivity index (χ4v) is 2.22. The molecule has 4 nitrogen and oxygen atoms in total. The SMILES string of the molecule is CN(Cc1cnn(C)c1)C(=O)/C=C/c1ccccc1Br. The number of aromatic nitrogens is 2. The number of likely N-dealkylation sites (N-methyl/N-ethyl adjacent to an activating group) is 1. The zero-order valence-corrected chi connectivity index (χ0v) is 13.0. The first-order valence-corrected chi connectivity index (χ1v) is 7.01. The molecule has 1 aromatic heterocycles. The van der Waals surface area contributed by atoms with Crippen LogP contribution in [0.5, 0.6) is 0 Å². The Morgan fingerprint density at radius 2 is 2.20 bits per heavy atom. The van der Waals surface area contributed by atoms with E-state index in [9.17, 15) is 4.79 Å². The van der Waals surface area contributed by atoms with Gasteiger partial charge in [0.1, 0.15) is 0 Å². The molecule has 104 valence electrons. The van der Waals surface area contributed by atoms with E-state index in [2.05, 4.69) is 21.0 Å². The predicted octanol–water partition coefficient (Wildman–Crippen LogP) is 2.85. The first kappa shape index (κ1) is 14.5. The van der Waals surface area contributed by atoms with Gasteiger partial charge in [0.05, 0.1) is 6.20 Å². The molecule has 1 amide bonds. The molecular weight excluding hydrogens is 318 g/mol. The van der Waals surface area contributed by atoms with Crippen molar-refractivity contribution in [2.75, 3.05) is 7.05 Å². The van der Waals surface area contributed by atoms with Crippen LogP contribution in [0.4, 0.5) is 0 Å². The number of hydrogen-bond donors (Lipinski definition) is 0. The third-order valence-corrected chi connectivity index (χ3v) is 3.59. The van der Waals surface area contributed by atoms with Gasteiger partial charge in [-0.3, -0.25) is 9.48 Å². The van der Waals surface area contributed by atoms with Crippen LogP contribution < -0.4 is 0 Å². The summed E-state index contributed by atoms with van der Waals surface area (Å²) in [6.45, 7) is 0.549. The Kier molecular flexibility index (Phi) is 4.74. The van der Waals surface area contributed by atoms with Gasteiger partial charge in [0.2, 0.25) is 5.91 Å². The van der Waals surface area contributed by atoms with E-state index in [0.29, 0.717) is 6.54 Å². The standard InChI is InChI=1S/C15H16BrN3O/c1-18(10-12-9-17-19(2)11-12)15(20)8-7-13-5-3-4-6-14(13)16/h3-9,11H,10H2,1-2H3/b8-7+. The van der Waals surface area contributed by atoms with Crippen molar-refractivity contribution in [1.29, 1.82) is 0 Å². The minimum atomic E-state index is -0.0374. The summed E-state index contributed by atoms with van der Waals surface area (Å²) in [5.41, 5.74) is 1.99. The molecule has 0 spiro atoms. The number of rotatable bonds is 4. The normalized spacial score (nSPS) is 10.9. The Bertz CT molecular complexity index is 634. The number of carbonyl (C=O) groups is 1. The second kappa shape index (κ2) is 6.52. The van der Waals surface area contributed by atoms with Crippen molar-refractivity contribution in [3.8, 4) is 0 Å². The van der Waals surface area contributed by atoms with Gasteiger partial charge in [-0.15, -0.1) is 0 Å². The van der Waals surface area contributed by atoms with Crippen molar-refractivity contribution in [1.82, 2.24) is 14.7 Å². The third kappa shape index (κ3) is 3.81. The van der Waals surface area contributed by atoms with E-state index in [0.717, 1.165) is 15.6 Å². The van der Waals surface area contributed by atoms with E-state index < -0.39 is 0 Å². The molecule has 2 rings (SSSR count). The Morgan fingerprint density at radius 1 is 1.45 bits per heavy atom. The quantitative estimate of drug-likeness (QED) is 0.807. The van der Waals surface area contributed by atoms with Crippen molar-refractivity contribution in [3.05, 3.63) is 58.3 Å². The molecule has 0 radical (unpaired) electrons. The van der Waals surface area contributed by atoms with E-state index in [4.69, 9.17) is 0 Å². The number of nitrogens with zero attached hydrogens (tertiary/aromatic N) is 3. The Hall–Kier alpha value is -1.88. The van der Waals surface area contributed by atoms with Crippen LogP contribution in [0.15, 0.2) is 47.2 Å². The second-order valence-corrected chi connectivity index (χ2v) is 5.43. The number of hydrogen-bond acceptors (Lipinski definition) is 2. The first-order chi connectivity index (χ1) is 9.56. The van der Waals surface area contributed by atoms with Gasteiger partial charge in [0.15, 0.2) is 0 Å². The van der Waals surface area contributed by atoms with Crippen LogP contribution in [0.1, 0.15) is 11.1 Å². The highest BCUT2D eigenvalue weighted by molar-refractivity contribution is 9.10. The van der Waals surface area contributed by atoms with E-state index >= 15 is 0 Å². The molecule has 0 bridgehead atoms. The summed E-state index contributed by atoms with van der Waals surface area (Å²) in [4.78, 5) is 13.7. The van der Waals surface area contributed by atoms with Gasteiger partial charge in [0, 0.05) is 42.9 Å². The molecule has 0 fully saturated rings. The lowest BCUT2D eigenvalue weighted by molar-refractivity contribution is -0.125. The molecule has 0 N–H and O–H groups in total. The topological polar surface area (TPSA) is 38.1 Å². The van der Waals surface area contributed by atoms with Crippen molar-refractivity contribution >= 4 is 27.9 Å². The van der Waals surface area contributed by atoms with Gasteiger partial charge in [0.25, 0.3) is 0 Å². The van der Waals surface area contributed by atoms with Gasteiger partial charge in [-0.05, 0) is 17.7 Å². The average molecular weight is 334 g/mol. The molecule has 0 atom stereocenters. The lowest BCUT2D eigenvalue weighted by Gasteiger charge is -2.13. The molecule has 1 heterocycles. The highest BCUT2D eigenvalue weighted by atomic mass is 79.9. The summed E-state index contributed by atoms with van der Waals surface area (Å²) < 4.78 is 2.70. The summed E-state index contributed by atoms with van der Waals surface area (Å²) >= 11 is 3.45. The van der Waals surface area contributed by atoms with Crippen molar-refractivity contribution < 1.29 is 4.79 Å². The molecule has 2 aromatic rings. The van der Waals surface area contributed by atoms with E-state index in [1.807, 2.05) is 43.6 Å². The summed E-state index contributed by atoms with van der Waals surface area (Å²) in [5.74, 6) is -0.0374. The Morgan fingerprint density at radius 3 is 2.85 bits per heavy atom. The van der Waals surface area contributed by atoms with Gasteiger partial charge < -0.3 is 4.90 Å². The van der Waals surface area contributed by atoms with Gasteiger partial charge in [-0.1, -0.05) is 34.1 Å². The van der Waals surface area contributed by atoms with Gasteiger partial charge >= 0.3 is 0 Å². The highest BCUT2D eigenvalue weighted by Gasteiger charge is 2.07. The van der Waals surface area contributed by atoms with Gasteiger partial charge in [-0.2, -0.15) is 5.10 Å². The molecule has 0 saturated carbocycles. The highest BCUT2D eigenvalue weighted by Crippen LogP contribution is 2.17. The number of amides is 1. The monoisotopic (exact) mass is 333 g/mol. The summed E-state index contributed by atoms with van der Waals surface area (Å²) in [5, 5.41) is 4.09. The number of benzene rings is 1. The molecule has 0 unspecified atom stereocenters. The molecule has 0 saturated heterocycles. The molecular formula is C15H16BrN3O. The minimum Gasteiger partial charge on any atom is -0.338 e. The van der Waals surface area contributed by atoms with Crippen LogP contribution in [-0.2, 0) is 18.4 Å². The molecule has 0 aliphatic heterocycles. The molecule has 20 heavy (non-hydrogen) atoms. The van der Waals surface area contributed by atoms with Crippen LogP contribution in [-0.4, -0.2) is 27.6 Å². The fourth-order valence-electron chi connectivity index (χ4n) is 1.80. The third-order valence-electron chi connectivity index (χ3n) is 2.87. The van der Waals surface area contributed by atoms with Crippen LogP contribution in [0.2, 0.25) is 0 Å². The number of aryl methyl sites for hydroxylation is 1. The average Bonchev–Trinajstić information content (AvgIpc) is 2.82. The largest absolute Gasteiger partial charge is 0.338 e. The van der Waals surface area contributed by atoms with E-state index in [-0.39, 0.29) is 5.91 Å². The van der Waals surface area contributed by atoms with Crippen LogP contribution >= 0.6 is 15.9 Å². The number of halogens is 1. The lowest BCUT2D eigenvalue weighted by atomic mass is 10.2. The Labute approximate surface area is 126 Å². The van der Waals surface area contributed by atoms with Gasteiger partial charge in [-0.25, -0.2) is 0 Å². The number of carbonyl (C=O) groups excluding carboxylic acids is 1. The second-order valence-electron chi connectivity index (χ2n) is 4.57. The predicted molar refractivity (Wildman–Crippen MR) is 82.9 cm³/mol. The summed E-state index contributed by atoms with van der Waals surface area (Å²) in [6, 6.07) is 7.78. The lowest BCUT2D eigenvalue weighted by Crippen LogP contribution is -2.23. The Balaban J connectivity index is 1.99. The maximum Gasteiger partial charge on any atom is 0.246 e. The van der Waals surface area contributed by atoms with Crippen molar-refractivity contribution in [3.63, 3.8) is 0 Å². The van der Waals surface area contributed by atoms with Crippen LogP contribution in [0, 0.1) is 0 Å². The zero-order valence-electron chi connectivity index (χ0n) is 11.5. The molecule has 0 aliphatic carbocycles. The maximum atomic E-state index is 12.0. The van der Waals surface area contributed by atoms with Crippen LogP contribution in [0.25, 0.3) is 6.08 Å². The minimum absolute atomic E-state index is 0.0374. The summed E-state index contributed by atoms with van der Waals surface area (Å²) in [7, 11) is 3.64. The van der Waals surface area contributed by atoms with Crippen LogP contribution in [0.3, 0.4) is 0 Å². The van der Waals surface area contributed by atoms with Crippen molar-refractivity contribution in [2.24, 2.45) is 7.05 Å². The fraction of sp³-hybridized carbons (Fsp3) is 0.200. The van der Waals surface area contributed by atoms with Crippen molar-refractivity contribution in [2.45, 2.75) is 6.54 Å². The molecule has 5 heteroatoms. The molecule has 1 aromatic carbocycles. The van der Waals surface area contributed by atoms with E-state index in [1.165, 1.54) is 0 Å². The zero-order chi connectivity index (χ0) is 14.5. The molecule has 0 aliphatic rings. The smallest absolute Gasteiger partial charge is 0.246 e.